The van der Waals surface area contributed by atoms with Crippen LogP contribution in [-0.4, -0.2) is 25.3 Å². The second kappa shape index (κ2) is 4.04. The van der Waals surface area contributed by atoms with Crippen LogP contribution < -0.4 is 4.74 Å². The lowest BCUT2D eigenvalue weighted by Crippen LogP contribution is -2.16. The molecule has 0 spiro atoms. The largest absolute Gasteiger partial charge is 0.496 e. The minimum Gasteiger partial charge on any atom is -0.496 e. The van der Waals surface area contributed by atoms with Crippen molar-refractivity contribution in [2.45, 2.75) is 25.4 Å². The lowest BCUT2D eigenvalue weighted by molar-refractivity contribution is 0.0580. The van der Waals surface area contributed by atoms with E-state index >= 15 is 0 Å². The first-order chi connectivity index (χ1) is 8.01. The summed E-state index contributed by atoms with van der Waals surface area (Å²) in [6.45, 7) is 1.77. The molecule has 4 heteroatoms. The standard InChI is InChI=1S/C13H16O4/c1-13(15)7-6-8-10(13)5-4-9(11(8)16-2)12(14)17-3/h4-5,15H,6-7H2,1-3H3. The Balaban J connectivity index is 2.59. The molecule has 0 heterocycles. The molecule has 1 aliphatic carbocycles. The highest BCUT2D eigenvalue weighted by molar-refractivity contribution is 5.93. The summed E-state index contributed by atoms with van der Waals surface area (Å²) >= 11 is 0. The van der Waals surface area contributed by atoms with Gasteiger partial charge in [-0.3, -0.25) is 0 Å². The summed E-state index contributed by atoms with van der Waals surface area (Å²) in [4.78, 5) is 11.6. The van der Waals surface area contributed by atoms with Crippen LogP contribution in [0, 0.1) is 0 Å². The second-order valence-electron chi connectivity index (χ2n) is 4.44. The van der Waals surface area contributed by atoms with E-state index in [1.54, 1.807) is 19.1 Å². The van der Waals surface area contributed by atoms with Gasteiger partial charge in [-0.05, 0) is 31.4 Å². The van der Waals surface area contributed by atoms with E-state index in [0.29, 0.717) is 24.2 Å². The molecule has 0 radical (unpaired) electrons. The normalized spacial score (nSPS) is 22.1. The van der Waals surface area contributed by atoms with E-state index in [1.807, 2.05) is 0 Å². The maximum Gasteiger partial charge on any atom is 0.341 e. The Labute approximate surface area is 100 Å². The number of esters is 1. The highest BCUT2D eigenvalue weighted by Crippen LogP contribution is 2.42. The minimum atomic E-state index is -0.836. The number of hydrogen-bond donors (Lipinski definition) is 1. The molecule has 1 aromatic carbocycles. The molecule has 0 saturated heterocycles. The van der Waals surface area contributed by atoms with Crippen LogP contribution in [0.5, 0.6) is 5.75 Å². The number of benzene rings is 1. The molecule has 4 nitrogen and oxygen atoms in total. The molecule has 0 saturated carbocycles. The second-order valence-corrected chi connectivity index (χ2v) is 4.44. The van der Waals surface area contributed by atoms with Crippen molar-refractivity contribution in [1.29, 1.82) is 0 Å². The number of rotatable bonds is 2. The number of fused-ring (bicyclic) bond motifs is 1. The predicted molar refractivity (Wildman–Crippen MR) is 62.2 cm³/mol. The number of carbonyl (C=O) groups is 1. The van der Waals surface area contributed by atoms with E-state index in [4.69, 9.17) is 9.47 Å². The van der Waals surface area contributed by atoms with E-state index in [2.05, 4.69) is 0 Å². The first-order valence-corrected chi connectivity index (χ1v) is 5.52. The first-order valence-electron chi connectivity index (χ1n) is 5.52. The van der Waals surface area contributed by atoms with E-state index < -0.39 is 11.6 Å². The molecule has 1 aromatic rings. The molecule has 1 atom stereocenters. The van der Waals surface area contributed by atoms with Gasteiger partial charge in [0.2, 0.25) is 0 Å². The van der Waals surface area contributed by atoms with Gasteiger partial charge in [0, 0.05) is 5.56 Å². The van der Waals surface area contributed by atoms with Crippen LogP contribution in [0.2, 0.25) is 0 Å². The van der Waals surface area contributed by atoms with Crippen molar-refractivity contribution in [3.05, 3.63) is 28.8 Å². The van der Waals surface area contributed by atoms with Gasteiger partial charge in [0.15, 0.2) is 0 Å². The zero-order valence-corrected chi connectivity index (χ0v) is 10.2. The van der Waals surface area contributed by atoms with Gasteiger partial charge >= 0.3 is 5.97 Å². The molecular formula is C13H16O4. The lowest BCUT2D eigenvalue weighted by Gasteiger charge is -2.18. The first kappa shape index (κ1) is 11.9. The van der Waals surface area contributed by atoms with Gasteiger partial charge in [-0.1, -0.05) is 6.07 Å². The summed E-state index contributed by atoms with van der Waals surface area (Å²) in [5.74, 6) is 0.100. The lowest BCUT2D eigenvalue weighted by atomic mass is 9.96. The molecule has 1 aliphatic rings. The van der Waals surface area contributed by atoms with Gasteiger partial charge in [-0.2, -0.15) is 0 Å². The van der Waals surface area contributed by atoms with Crippen LogP contribution in [0.1, 0.15) is 34.8 Å². The van der Waals surface area contributed by atoms with Gasteiger partial charge in [-0.25, -0.2) is 4.79 Å². The summed E-state index contributed by atoms with van der Waals surface area (Å²) in [7, 11) is 2.86. The minimum absolute atomic E-state index is 0.409. The Kier molecular flexibility index (Phi) is 2.83. The molecular weight excluding hydrogens is 220 g/mol. The average molecular weight is 236 g/mol. The topological polar surface area (TPSA) is 55.8 Å². The van der Waals surface area contributed by atoms with Crippen molar-refractivity contribution in [2.75, 3.05) is 14.2 Å². The Morgan fingerprint density at radius 3 is 2.71 bits per heavy atom. The molecule has 1 N–H and O–H groups in total. The van der Waals surface area contributed by atoms with Gasteiger partial charge in [0.05, 0.1) is 19.8 Å². The van der Waals surface area contributed by atoms with Crippen molar-refractivity contribution in [3.8, 4) is 5.75 Å². The molecule has 92 valence electrons. The molecule has 0 amide bonds. The number of aliphatic hydroxyl groups is 1. The average Bonchev–Trinajstić information content (AvgIpc) is 2.63. The fourth-order valence-corrected chi connectivity index (χ4v) is 2.39. The number of hydrogen-bond acceptors (Lipinski definition) is 4. The smallest absolute Gasteiger partial charge is 0.341 e. The maximum absolute atomic E-state index is 11.6. The van der Waals surface area contributed by atoms with Crippen LogP contribution >= 0.6 is 0 Å². The van der Waals surface area contributed by atoms with Crippen LogP contribution in [0.25, 0.3) is 0 Å². The molecule has 0 bridgehead atoms. The Morgan fingerprint density at radius 1 is 1.41 bits per heavy atom. The molecule has 17 heavy (non-hydrogen) atoms. The fourth-order valence-electron chi connectivity index (χ4n) is 2.39. The van der Waals surface area contributed by atoms with Gasteiger partial charge in [-0.15, -0.1) is 0 Å². The van der Waals surface area contributed by atoms with Crippen molar-refractivity contribution < 1.29 is 19.4 Å². The number of carbonyl (C=O) groups excluding carboxylic acids is 1. The number of ether oxygens (including phenoxy) is 2. The molecule has 0 fully saturated rings. The van der Waals surface area contributed by atoms with Crippen molar-refractivity contribution in [1.82, 2.24) is 0 Å². The quantitative estimate of drug-likeness (QED) is 0.793. The van der Waals surface area contributed by atoms with Gasteiger partial charge < -0.3 is 14.6 Å². The monoisotopic (exact) mass is 236 g/mol. The van der Waals surface area contributed by atoms with Crippen LogP contribution in [-0.2, 0) is 16.8 Å². The van der Waals surface area contributed by atoms with Gasteiger partial charge in [0.25, 0.3) is 0 Å². The zero-order chi connectivity index (χ0) is 12.6. The van der Waals surface area contributed by atoms with E-state index in [9.17, 15) is 9.90 Å². The van der Waals surface area contributed by atoms with Crippen molar-refractivity contribution in [2.24, 2.45) is 0 Å². The summed E-state index contributed by atoms with van der Waals surface area (Å²) in [5.41, 5.74) is 1.31. The Morgan fingerprint density at radius 2 is 2.12 bits per heavy atom. The molecule has 0 aromatic heterocycles. The van der Waals surface area contributed by atoms with Crippen LogP contribution in [0.15, 0.2) is 12.1 Å². The molecule has 2 rings (SSSR count). The molecule has 1 unspecified atom stereocenters. The predicted octanol–water partition coefficient (Wildman–Crippen LogP) is 1.64. The Bertz CT molecular complexity index is 463. The van der Waals surface area contributed by atoms with Crippen molar-refractivity contribution in [3.63, 3.8) is 0 Å². The third-order valence-electron chi connectivity index (χ3n) is 3.31. The zero-order valence-electron chi connectivity index (χ0n) is 10.2. The third kappa shape index (κ3) is 1.78. The molecule has 0 aliphatic heterocycles. The van der Waals surface area contributed by atoms with Crippen LogP contribution in [0.3, 0.4) is 0 Å². The van der Waals surface area contributed by atoms with E-state index in [-0.39, 0.29) is 0 Å². The fraction of sp³-hybridized carbons (Fsp3) is 0.462. The van der Waals surface area contributed by atoms with Gasteiger partial charge in [0.1, 0.15) is 11.3 Å². The Hall–Kier alpha value is -1.55. The highest BCUT2D eigenvalue weighted by atomic mass is 16.5. The summed E-state index contributed by atoms with van der Waals surface area (Å²) in [5, 5.41) is 10.2. The third-order valence-corrected chi connectivity index (χ3v) is 3.31. The van der Waals surface area contributed by atoms with Crippen molar-refractivity contribution >= 4 is 5.97 Å². The summed E-state index contributed by atoms with van der Waals surface area (Å²) in [6, 6.07) is 3.42. The highest BCUT2D eigenvalue weighted by Gasteiger charge is 2.35. The SMILES string of the molecule is COC(=O)c1ccc2c(c1OC)CCC2(C)O. The van der Waals surface area contributed by atoms with Crippen LogP contribution in [0.4, 0.5) is 0 Å². The number of methoxy groups -OCH3 is 2. The van der Waals surface area contributed by atoms with E-state index in [0.717, 1.165) is 11.1 Å². The maximum atomic E-state index is 11.6. The van der Waals surface area contributed by atoms with E-state index in [1.165, 1.54) is 14.2 Å². The summed E-state index contributed by atoms with van der Waals surface area (Å²) < 4.78 is 10.0. The summed E-state index contributed by atoms with van der Waals surface area (Å²) in [6.07, 6.45) is 1.35.